The summed E-state index contributed by atoms with van der Waals surface area (Å²) in [5, 5.41) is 3.78. The van der Waals surface area contributed by atoms with Gasteiger partial charge in [-0.2, -0.15) is 0 Å². The topological polar surface area (TPSA) is 68.3 Å². The lowest BCUT2D eigenvalue weighted by molar-refractivity contribution is -0.111. The molecule has 0 atom stereocenters. The molecule has 0 unspecified atom stereocenters. The van der Waals surface area contributed by atoms with Gasteiger partial charge in [-0.3, -0.25) is 10.1 Å². The van der Waals surface area contributed by atoms with Crippen molar-refractivity contribution in [3.63, 3.8) is 0 Å². The molecule has 0 aliphatic heterocycles. The van der Waals surface area contributed by atoms with Crippen LogP contribution < -0.4 is 5.32 Å². The van der Waals surface area contributed by atoms with Gasteiger partial charge in [0.2, 0.25) is 5.91 Å². The molecule has 23 heavy (non-hydrogen) atoms. The van der Waals surface area contributed by atoms with Crippen LogP contribution >= 0.6 is 34.5 Å². The molecule has 1 heterocycles. The first-order chi connectivity index (χ1) is 10.9. The Morgan fingerprint density at radius 3 is 2.57 bits per heavy atom. The molecule has 0 bridgehead atoms. The fraction of sp³-hybridized carbons (Fsp3) is 0.133. The molecule has 1 aromatic carbocycles. The number of hydrogen-bond donors (Lipinski definition) is 1. The molecule has 2 rings (SSSR count). The summed E-state index contributed by atoms with van der Waals surface area (Å²) in [4.78, 5) is 27.9. The van der Waals surface area contributed by atoms with Gasteiger partial charge in [-0.25, -0.2) is 9.78 Å². The van der Waals surface area contributed by atoms with E-state index >= 15 is 0 Å². The predicted molar refractivity (Wildman–Crippen MR) is 92.3 cm³/mol. The first kappa shape index (κ1) is 17.5. The van der Waals surface area contributed by atoms with Crippen molar-refractivity contribution in [2.75, 3.05) is 12.4 Å². The number of carbonyl (C=O) groups excluding carboxylic acids is 2. The van der Waals surface area contributed by atoms with Crippen molar-refractivity contribution in [2.45, 2.75) is 6.92 Å². The Hall–Kier alpha value is -1.89. The van der Waals surface area contributed by atoms with Crippen LogP contribution in [0.3, 0.4) is 0 Å². The van der Waals surface area contributed by atoms with Crippen LogP contribution in [0, 0.1) is 6.92 Å². The molecule has 1 aromatic heterocycles. The van der Waals surface area contributed by atoms with E-state index in [0.717, 1.165) is 11.3 Å². The smallest absolute Gasteiger partial charge is 0.350 e. The summed E-state index contributed by atoms with van der Waals surface area (Å²) in [6, 6.07) is 5.07. The molecular weight excluding hydrogens is 359 g/mol. The van der Waals surface area contributed by atoms with Gasteiger partial charge in [-0.1, -0.05) is 40.6 Å². The summed E-state index contributed by atoms with van der Waals surface area (Å²) >= 11 is 13.1. The average Bonchev–Trinajstić information content (AvgIpc) is 2.86. The molecule has 0 fully saturated rings. The SMILES string of the molecule is COC(=O)c1sc(NC(=O)C=Cc2c(Cl)cccc2Cl)nc1C. The van der Waals surface area contributed by atoms with E-state index in [-0.39, 0.29) is 0 Å². The Balaban J connectivity index is 2.11. The third kappa shape index (κ3) is 4.31. The van der Waals surface area contributed by atoms with Crippen LogP contribution in [0.5, 0.6) is 0 Å². The number of hydrogen-bond acceptors (Lipinski definition) is 5. The van der Waals surface area contributed by atoms with Gasteiger partial charge < -0.3 is 4.74 Å². The van der Waals surface area contributed by atoms with Gasteiger partial charge in [0.15, 0.2) is 5.13 Å². The lowest BCUT2D eigenvalue weighted by atomic mass is 10.2. The standard InChI is InChI=1S/C15H12Cl2N2O3S/c1-8-13(14(21)22-2)23-15(18-8)19-12(20)7-6-9-10(16)4-3-5-11(9)17/h3-7H,1-2H3,(H,18,19,20). The number of thiazole rings is 1. The summed E-state index contributed by atoms with van der Waals surface area (Å²) in [5.41, 5.74) is 1.05. The van der Waals surface area contributed by atoms with E-state index in [1.807, 2.05) is 0 Å². The molecule has 0 spiro atoms. The van der Waals surface area contributed by atoms with Crippen molar-refractivity contribution in [3.8, 4) is 0 Å². The molecular formula is C15H12Cl2N2O3S. The zero-order valence-corrected chi connectivity index (χ0v) is 14.6. The Morgan fingerprint density at radius 2 is 1.96 bits per heavy atom. The van der Waals surface area contributed by atoms with Crippen LogP contribution in [-0.2, 0) is 9.53 Å². The normalized spacial score (nSPS) is 10.8. The Bertz CT molecular complexity index is 767. The lowest BCUT2D eigenvalue weighted by Gasteiger charge is -2.00. The molecule has 0 saturated heterocycles. The van der Waals surface area contributed by atoms with Crippen molar-refractivity contribution < 1.29 is 14.3 Å². The highest BCUT2D eigenvalue weighted by Crippen LogP contribution is 2.26. The summed E-state index contributed by atoms with van der Waals surface area (Å²) in [5.74, 6) is -0.898. The van der Waals surface area contributed by atoms with E-state index in [4.69, 9.17) is 23.2 Å². The van der Waals surface area contributed by atoms with Crippen molar-refractivity contribution in [1.29, 1.82) is 0 Å². The molecule has 1 amide bonds. The zero-order valence-electron chi connectivity index (χ0n) is 12.2. The number of amides is 1. The highest BCUT2D eigenvalue weighted by atomic mass is 35.5. The number of carbonyl (C=O) groups is 2. The summed E-state index contributed by atoms with van der Waals surface area (Å²) in [6.45, 7) is 1.66. The fourth-order valence-corrected chi connectivity index (χ4v) is 3.12. The third-order valence-electron chi connectivity index (χ3n) is 2.80. The number of halogens is 2. The molecule has 8 heteroatoms. The summed E-state index contributed by atoms with van der Waals surface area (Å²) < 4.78 is 4.64. The van der Waals surface area contributed by atoms with Crippen LogP contribution in [0.1, 0.15) is 20.9 Å². The van der Waals surface area contributed by atoms with E-state index in [1.54, 1.807) is 25.1 Å². The second-order valence-electron chi connectivity index (χ2n) is 4.38. The molecule has 0 radical (unpaired) electrons. The number of nitrogens with one attached hydrogen (secondary N) is 1. The molecule has 2 aromatic rings. The Morgan fingerprint density at radius 1 is 1.30 bits per heavy atom. The monoisotopic (exact) mass is 370 g/mol. The number of benzene rings is 1. The van der Waals surface area contributed by atoms with E-state index < -0.39 is 11.9 Å². The zero-order chi connectivity index (χ0) is 17.0. The van der Waals surface area contributed by atoms with Crippen molar-refractivity contribution in [1.82, 2.24) is 4.98 Å². The van der Waals surface area contributed by atoms with Gasteiger partial charge in [0.25, 0.3) is 0 Å². The van der Waals surface area contributed by atoms with Gasteiger partial charge in [0, 0.05) is 21.7 Å². The first-order valence-corrected chi connectivity index (χ1v) is 7.98. The Labute approximate surface area is 146 Å². The van der Waals surface area contributed by atoms with Crippen LogP contribution in [-0.4, -0.2) is 24.0 Å². The summed E-state index contributed by atoms with van der Waals surface area (Å²) in [7, 11) is 1.29. The molecule has 0 aliphatic rings. The van der Waals surface area contributed by atoms with Crippen LogP contribution in [0.2, 0.25) is 10.0 Å². The number of aromatic nitrogens is 1. The fourth-order valence-electron chi connectivity index (χ4n) is 1.71. The molecule has 120 valence electrons. The Kier molecular flexibility index (Phi) is 5.76. The number of ether oxygens (including phenoxy) is 1. The van der Waals surface area contributed by atoms with Gasteiger partial charge >= 0.3 is 5.97 Å². The number of esters is 1. The molecule has 0 saturated carbocycles. The number of anilines is 1. The maximum atomic E-state index is 11.9. The minimum atomic E-state index is -0.487. The number of methoxy groups -OCH3 is 1. The second kappa shape index (κ2) is 7.59. The number of rotatable bonds is 4. The predicted octanol–water partition coefficient (Wildman–Crippen LogP) is 4.20. The molecule has 5 nitrogen and oxygen atoms in total. The van der Waals surface area contributed by atoms with Gasteiger partial charge in [0.1, 0.15) is 4.88 Å². The van der Waals surface area contributed by atoms with Crippen molar-refractivity contribution in [3.05, 3.63) is 50.5 Å². The van der Waals surface area contributed by atoms with E-state index in [9.17, 15) is 9.59 Å². The van der Waals surface area contributed by atoms with Crippen molar-refractivity contribution >= 4 is 57.6 Å². The third-order valence-corrected chi connectivity index (χ3v) is 4.51. The first-order valence-electron chi connectivity index (χ1n) is 6.41. The number of aryl methyl sites for hydroxylation is 1. The average molecular weight is 371 g/mol. The van der Waals surface area contributed by atoms with Gasteiger partial charge in [-0.05, 0) is 25.1 Å². The van der Waals surface area contributed by atoms with Crippen LogP contribution in [0.25, 0.3) is 6.08 Å². The molecule has 0 aliphatic carbocycles. The second-order valence-corrected chi connectivity index (χ2v) is 6.20. The summed E-state index contributed by atoms with van der Waals surface area (Å²) in [6.07, 6.45) is 2.81. The highest BCUT2D eigenvalue weighted by Gasteiger charge is 2.16. The quantitative estimate of drug-likeness (QED) is 0.646. The maximum Gasteiger partial charge on any atom is 0.350 e. The number of nitrogens with zero attached hydrogens (tertiary/aromatic N) is 1. The maximum absolute atomic E-state index is 11.9. The van der Waals surface area contributed by atoms with E-state index in [1.165, 1.54) is 19.3 Å². The minimum absolute atomic E-state index is 0.308. The van der Waals surface area contributed by atoms with Gasteiger partial charge in [-0.15, -0.1) is 0 Å². The largest absolute Gasteiger partial charge is 0.465 e. The van der Waals surface area contributed by atoms with E-state index in [0.29, 0.717) is 31.3 Å². The minimum Gasteiger partial charge on any atom is -0.465 e. The molecule has 1 N–H and O–H groups in total. The van der Waals surface area contributed by atoms with Crippen molar-refractivity contribution in [2.24, 2.45) is 0 Å². The van der Waals surface area contributed by atoms with Crippen LogP contribution in [0.4, 0.5) is 5.13 Å². The lowest BCUT2D eigenvalue weighted by Crippen LogP contribution is -2.07. The van der Waals surface area contributed by atoms with Crippen LogP contribution in [0.15, 0.2) is 24.3 Å². The van der Waals surface area contributed by atoms with E-state index in [2.05, 4.69) is 15.0 Å². The van der Waals surface area contributed by atoms with Gasteiger partial charge in [0.05, 0.1) is 12.8 Å². The highest BCUT2D eigenvalue weighted by molar-refractivity contribution is 7.17.